The van der Waals surface area contributed by atoms with Crippen LogP contribution >= 0.6 is 0 Å². The van der Waals surface area contributed by atoms with Gasteiger partial charge in [-0.1, -0.05) is 6.07 Å². The zero-order valence-corrected chi connectivity index (χ0v) is 13.8. The number of pyridine rings is 1. The Kier molecular flexibility index (Phi) is 5.14. The molecule has 0 amide bonds. The third kappa shape index (κ3) is 3.65. The minimum atomic E-state index is -0.167. The van der Waals surface area contributed by atoms with Crippen LogP contribution in [0.25, 0.3) is 0 Å². The summed E-state index contributed by atoms with van der Waals surface area (Å²) < 4.78 is 0. The maximum Gasteiger partial charge on any atom is 0.145 e. The van der Waals surface area contributed by atoms with E-state index in [2.05, 4.69) is 21.3 Å². The maximum absolute atomic E-state index is 10.7. The molecule has 1 atom stereocenters. The highest BCUT2D eigenvalue weighted by Crippen LogP contribution is 2.30. The van der Waals surface area contributed by atoms with Gasteiger partial charge in [0.1, 0.15) is 17.6 Å². The smallest absolute Gasteiger partial charge is 0.145 e. The molecule has 2 fully saturated rings. The Bertz CT molecular complexity index is 569. The summed E-state index contributed by atoms with van der Waals surface area (Å²) in [5.74, 6) is 1.74. The molecular weight excluding hydrogens is 288 g/mol. The minimum Gasteiger partial charge on any atom is -0.393 e. The number of nitrogens with zero attached hydrogens (tertiary/aromatic N) is 3. The Morgan fingerprint density at radius 2 is 1.87 bits per heavy atom. The molecule has 3 rings (SSSR count). The molecule has 2 aliphatic heterocycles. The topological polar surface area (TPSA) is 72.2 Å². The number of hydrogen-bond donors (Lipinski definition) is 2. The highest BCUT2D eigenvalue weighted by Gasteiger charge is 2.31. The SMILES string of the molecule is Cc1ccc(N2CCC(C(O)C3CCNCC3)CC2)nc1C#N. The van der Waals surface area contributed by atoms with Crippen molar-refractivity contribution in [2.75, 3.05) is 31.1 Å². The number of aryl methyl sites for hydroxylation is 1. The van der Waals surface area contributed by atoms with Crippen LogP contribution in [0.3, 0.4) is 0 Å². The van der Waals surface area contributed by atoms with Crippen LogP contribution in [0.2, 0.25) is 0 Å². The Balaban J connectivity index is 1.59. The first-order valence-electron chi connectivity index (χ1n) is 8.70. The van der Waals surface area contributed by atoms with Gasteiger partial charge in [-0.15, -0.1) is 0 Å². The van der Waals surface area contributed by atoms with E-state index in [9.17, 15) is 5.11 Å². The summed E-state index contributed by atoms with van der Waals surface area (Å²) in [6, 6.07) is 6.13. The third-order valence-corrected chi connectivity index (χ3v) is 5.40. The van der Waals surface area contributed by atoms with E-state index in [1.165, 1.54) is 0 Å². The molecule has 5 nitrogen and oxygen atoms in total. The monoisotopic (exact) mass is 314 g/mol. The van der Waals surface area contributed by atoms with Gasteiger partial charge in [-0.25, -0.2) is 4.98 Å². The zero-order chi connectivity index (χ0) is 16.2. The molecule has 0 aromatic carbocycles. The third-order valence-electron chi connectivity index (χ3n) is 5.40. The second-order valence-electron chi connectivity index (χ2n) is 6.85. The van der Waals surface area contributed by atoms with Crippen molar-refractivity contribution in [3.8, 4) is 6.07 Å². The predicted molar refractivity (Wildman–Crippen MR) is 90.2 cm³/mol. The van der Waals surface area contributed by atoms with E-state index in [1.807, 2.05) is 19.1 Å². The molecule has 0 aliphatic carbocycles. The lowest BCUT2D eigenvalue weighted by molar-refractivity contribution is 0.0265. The van der Waals surface area contributed by atoms with Crippen LogP contribution in [0.1, 0.15) is 36.9 Å². The molecule has 2 saturated heterocycles. The number of rotatable bonds is 3. The number of aliphatic hydroxyl groups excluding tert-OH is 1. The highest BCUT2D eigenvalue weighted by atomic mass is 16.3. The summed E-state index contributed by atoms with van der Waals surface area (Å²) >= 11 is 0. The molecule has 5 heteroatoms. The van der Waals surface area contributed by atoms with E-state index < -0.39 is 0 Å². The lowest BCUT2D eigenvalue weighted by Crippen LogP contribution is -2.43. The molecule has 1 unspecified atom stereocenters. The zero-order valence-electron chi connectivity index (χ0n) is 13.8. The number of nitrogens with one attached hydrogen (secondary N) is 1. The predicted octanol–water partition coefficient (Wildman–Crippen LogP) is 1.84. The quantitative estimate of drug-likeness (QED) is 0.891. The Morgan fingerprint density at radius 1 is 1.22 bits per heavy atom. The van der Waals surface area contributed by atoms with E-state index in [-0.39, 0.29) is 6.10 Å². The molecular formula is C18H26N4O. The van der Waals surface area contributed by atoms with E-state index in [0.29, 0.717) is 17.5 Å². The van der Waals surface area contributed by atoms with Crippen LogP contribution in [0.5, 0.6) is 0 Å². The Morgan fingerprint density at radius 3 is 2.52 bits per heavy atom. The summed E-state index contributed by atoms with van der Waals surface area (Å²) in [5, 5.41) is 23.2. The number of anilines is 1. The first-order chi connectivity index (χ1) is 11.2. The lowest BCUT2D eigenvalue weighted by atomic mass is 9.80. The highest BCUT2D eigenvalue weighted by molar-refractivity contribution is 5.45. The molecule has 2 N–H and O–H groups in total. The van der Waals surface area contributed by atoms with Gasteiger partial charge in [-0.05, 0) is 69.2 Å². The molecule has 124 valence electrons. The average Bonchev–Trinajstić information content (AvgIpc) is 2.62. The van der Waals surface area contributed by atoms with E-state index in [4.69, 9.17) is 5.26 Å². The number of nitriles is 1. The van der Waals surface area contributed by atoms with Crippen molar-refractivity contribution in [3.63, 3.8) is 0 Å². The molecule has 0 spiro atoms. The number of piperidine rings is 2. The van der Waals surface area contributed by atoms with Gasteiger partial charge in [0.25, 0.3) is 0 Å². The van der Waals surface area contributed by atoms with Gasteiger partial charge in [0, 0.05) is 13.1 Å². The van der Waals surface area contributed by atoms with Gasteiger partial charge < -0.3 is 15.3 Å². The Hall–Kier alpha value is -1.64. The summed E-state index contributed by atoms with van der Waals surface area (Å²) in [5.41, 5.74) is 1.44. The Labute approximate surface area is 138 Å². The maximum atomic E-state index is 10.7. The molecule has 3 heterocycles. The molecule has 0 saturated carbocycles. The summed E-state index contributed by atoms with van der Waals surface area (Å²) in [7, 11) is 0. The first-order valence-corrected chi connectivity index (χ1v) is 8.70. The number of aliphatic hydroxyl groups is 1. The van der Waals surface area contributed by atoms with Gasteiger partial charge in [0.15, 0.2) is 0 Å². The molecule has 1 aromatic heterocycles. The fraction of sp³-hybridized carbons (Fsp3) is 0.667. The van der Waals surface area contributed by atoms with E-state index >= 15 is 0 Å². The van der Waals surface area contributed by atoms with Crippen molar-refractivity contribution in [3.05, 3.63) is 23.4 Å². The fourth-order valence-electron chi connectivity index (χ4n) is 3.85. The van der Waals surface area contributed by atoms with E-state index in [0.717, 1.165) is 63.2 Å². The van der Waals surface area contributed by atoms with Gasteiger partial charge in [-0.2, -0.15) is 5.26 Å². The summed E-state index contributed by atoms with van der Waals surface area (Å²) in [6.45, 7) is 5.80. The number of hydrogen-bond acceptors (Lipinski definition) is 5. The molecule has 1 aromatic rings. The standard InChI is InChI=1S/C18H26N4O/c1-13-2-3-17(21-16(13)12-19)22-10-6-15(7-11-22)18(23)14-4-8-20-9-5-14/h2-3,14-15,18,20,23H,4-11H2,1H3. The van der Waals surface area contributed by atoms with Crippen LogP contribution in [0, 0.1) is 30.1 Å². The average molecular weight is 314 g/mol. The normalized spacial score (nSPS) is 21.9. The van der Waals surface area contributed by atoms with Gasteiger partial charge in [0.2, 0.25) is 0 Å². The van der Waals surface area contributed by atoms with E-state index in [1.54, 1.807) is 0 Å². The second kappa shape index (κ2) is 7.29. The van der Waals surface area contributed by atoms with Crippen molar-refractivity contribution in [2.24, 2.45) is 11.8 Å². The fourth-order valence-corrected chi connectivity index (χ4v) is 3.85. The molecule has 0 radical (unpaired) electrons. The lowest BCUT2D eigenvalue weighted by Gasteiger charge is -2.38. The van der Waals surface area contributed by atoms with Crippen LogP contribution in [-0.2, 0) is 0 Å². The van der Waals surface area contributed by atoms with Crippen LogP contribution in [-0.4, -0.2) is 42.4 Å². The number of aromatic nitrogens is 1. The van der Waals surface area contributed by atoms with Crippen LogP contribution in [0.15, 0.2) is 12.1 Å². The largest absolute Gasteiger partial charge is 0.393 e. The van der Waals surface area contributed by atoms with Crippen LogP contribution in [0.4, 0.5) is 5.82 Å². The summed E-state index contributed by atoms with van der Waals surface area (Å²) in [6.07, 6.45) is 4.02. The molecule has 0 bridgehead atoms. The van der Waals surface area contributed by atoms with Gasteiger partial charge in [-0.3, -0.25) is 0 Å². The minimum absolute atomic E-state index is 0.167. The van der Waals surface area contributed by atoms with Crippen molar-refractivity contribution in [1.82, 2.24) is 10.3 Å². The second-order valence-corrected chi connectivity index (χ2v) is 6.85. The van der Waals surface area contributed by atoms with Crippen molar-refractivity contribution in [1.29, 1.82) is 5.26 Å². The molecule has 2 aliphatic rings. The first kappa shape index (κ1) is 16.2. The van der Waals surface area contributed by atoms with Gasteiger partial charge in [0.05, 0.1) is 6.10 Å². The molecule has 23 heavy (non-hydrogen) atoms. The van der Waals surface area contributed by atoms with Crippen molar-refractivity contribution in [2.45, 2.75) is 38.7 Å². The summed E-state index contributed by atoms with van der Waals surface area (Å²) in [4.78, 5) is 6.71. The van der Waals surface area contributed by atoms with Crippen molar-refractivity contribution >= 4 is 5.82 Å². The van der Waals surface area contributed by atoms with Crippen molar-refractivity contribution < 1.29 is 5.11 Å². The van der Waals surface area contributed by atoms with Crippen LogP contribution < -0.4 is 10.2 Å². The van der Waals surface area contributed by atoms with Gasteiger partial charge >= 0.3 is 0 Å².